The van der Waals surface area contributed by atoms with Gasteiger partial charge in [0.2, 0.25) is 5.91 Å². The number of carbonyl (C=O) groups excluding carboxylic acids is 1. The maximum absolute atomic E-state index is 12.2. The lowest BCUT2D eigenvalue weighted by molar-refractivity contribution is -0.117. The number of alkyl halides is 1. The van der Waals surface area contributed by atoms with Gasteiger partial charge >= 0.3 is 0 Å². The van der Waals surface area contributed by atoms with Crippen molar-refractivity contribution in [3.8, 4) is 6.07 Å². The summed E-state index contributed by atoms with van der Waals surface area (Å²) in [5.41, 5.74) is 1.95. The number of hydrogen-bond acceptors (Lipinski definition) is 3. The van der Waals surface area contributed by atoms with E-state index in [9.17, 15) is 10.1 Å². The number of rotatable bonds is 2. The van der Waals surface area contributed by atoms with Crippen molar-refractivity contribution in [2.75, 3.05) is 17.3 Å². The molecule has 0 aromatic carbocycles. The van der Waals surface area contributed by atoms with E-state index in [0.29, 0.717) is 18.8 Å². The fourth-order valence-corrected chi connectivity index (χ4v) is 4.69. The van der Waals surface area contributed by atoms with Crippen LogP contribution in [0.5, 0.6) is 0 Å². The number of nitriles is 1. The number of nitrogens with zero attached hydrogens (tertiary/aromatic N) is 2. The van der Waals surface area contributed by atoms with Crippen LogP contribution in [-0.4, -0.2) is 18.3 Å². The van der Waals surface area contributed by atoms with Crippen molar-refractivity contribution in [2.45, 2.75) is 38.5 Å². The second-order valence-corrected chi connectivity index (χ2v) is 6.98. The van der Waals surface area contributed by atoms with Crippen molar-refractivity contribution >= 4 is 33.8 Å². The molecule has 0 spiro atoms. The molecule has 1 atom stereocenters. The van der Waals surface area contributed by atoms with Gasteiger partial charge in [0.25, 0.3) is 0 Å². The summed E-state index contributed by atoms with van der Waals surface area (Å²) >= 11 is 7.53. The van der Waals surface area contributed by atoms with Crippen LogP contribution in [0, 0.1) is 17.2 Å². The molecule has 1 aliphatic heterocycles. The molecule has 1 aromatic heterocycles. The van der Waals surface area contributed by atoms with E-state index in [-0.39, 0.29) is 11.8 Å². The van der Waals surface area contributed by atoms with Crippen molar-refractivity contribution < 1.29 is 4.79 Å². The number of aryl methyl sites for hydroxylation is 1. The Balaban J connectivity index is 1.98. The number of fused-ring (bicyclic) bond motifs is 1. The Labute approximate surface area is 128 Å². The molecular weight excluding hydrogens is 292 g/mol. The van der Waals surface area contributed by atoms with E-state index in [4.69, 9.17) is 11.6 Å². The molecule has 1 saturated heterocycles. The van der Waals surface area contributed by atoms with Crippen LogP contribution in [0.1, 0.15) is 41.7 Å². The minimum absolute atomic E-state index is 0.114. The highest BCUT2D eigenvalue weighted by molar-refractivity contribution is 7.16. The molecule has 3 rings (SSSR count). The molecule has 0 bridgehead atoms. The van der Waals surface area contributed by atoms with Crippen molar-refractivity contribution in [1.29, 1.82) is 5.26 Å². The number of carbonyl (C=O) groups is 1. The van der Waals surface area contributed by atoms with Gasteiger partial charge in [-0.25, -0.2) is 0 Å². The second-order valence-electron chi connectivity index (χ2n) is 5.59. The van der Waals surface area contributed by atoms with Gasteiger partial charge in [0, 0.05) is 23.7 Å². The molecule has 106 valence electrons. The smallest absolute Gasteiger partial charge is 0.228 e. The van der Waals surface area contributed by atoms with Crippen molar-refractivity contribution in [3.05, 3.63) is 16.0 Å². The molecule has 0 N–H and O–H groups in total. The van der Waals surface area contributed by atoms with Crippen molar-refractivity contribution in [3.63, 3.8) is 0 Å². The van der Waals surface area contributed by atoms with Crippen LogP contribution in [0.25, 0.3) is 0 Å². The largest absolute Gasteiger partial charge is 0.302 e. The van der Waals surface area contributed by atoms with E-state index in [1.54, 1.807) is 16.2 Å². The molecule has 2 aliphatic rings. The third-order valence-corrected chi connectivity index (χ3v) is 5.93. The molecule has 1 aliphatic carbocycles. The highest BCUT2D eigenvalue weighted by Crippen LogP contribution is 2.41. The van der Waals surface area contributed by atoms with E-state index in [2.05, 4.69) is 6.07 Å². The van der Waals surface area contributed by atoms with E-state index in [0.717, 1.165) is 29.8 Å². The fourth-order valence-electron chi connectivity index (χ4n) is 3.11. The molecule has 2 heterocycles. The van der Waals surface area contributed by atoms with Crippen molar-refractivity contribution in [1.82, 2.24) is 0 Å². The summed E-state index contributed by atoms with van der Waals surface area (Å²) in [4.78, 5) is 15.3. The molecule has 1 fully saturated rings. The first-order valence-corrected chi connectivity index (χ1v) is 8.50. The van der Waals surface area contributed by atoms with E-state index in [1.165, 1.54) is 23.3 Å². The zero-order valence-corrected chi connectivity index (χ0v) is 12.9. The van der Waals surface area contributed by atoms with Crippen LogP contribution in [0.3, 0.4) is 0 Å². The molecule has 0 saturated carbocycles. The van der Waals surface area contributed by atoms with Gasteiger partial charge in [-0.3, -0.25) is 4.79 Å². The topological polar surface area (TPSA) is 44.1 Å². The summed E-state index contributed by atoms with van der Waals surface area (Å²) in [6.45, 7) is 0.663. The van der Waals surface area contributed by atoms with Crippen LogP contribution in [0.2, 0.25) is 0 Å². The highest BCUT2D eigenvalue weighted by Gasteiger charge is 2.34. The summed E-state index contributed by atoms with van der Waals surface area (Å²) in [7, 11) is 0. The van der Waals surface area contributed by atoms with Crippen LogP contribution < -0.4 is 4.90 Å². The normalized spacial score (nSPS) is 22.5. The first-order chi connectivity index (χ1) is 9.74. The zero-order valence-electron chi connectivity index (χ0n) is 11.3. The van der Waals surface area contributed by atoms with Gasteiger partial charge in [-0.15, -0.1) is 22.9 Å². The monoisotopic (exact) mass is 308 g/mol. The van der Waals surface area contributed by atoms with E-state index in [1.807, 2.05) is 0 Å². The molecule has 1 amide bonds. The van der Waals surface area contributed by atoms with Gasteiger partial charge < -0.3 is 4.90 Å². The Morgan fingerprint density at radius 2 is 2.15 bits per heavy atom. The Kier molecular flexibility index (Phi) is 4.00. The predicted octanol–water partition coefficient (Wildman–Crippen LogP) is 3.48. The fraction of sp³-hybridized carbons (Fsp3) is 0.600. The van der Waals surface area contributed by atoms with Gasteiger partial charge in [0.15, 0.2) is 0 Å². The number of hydrogen-bond donors (Lipinski definition) is 0. The standard InChI is InChI=1S/C15H17ClN2OS/c16-7-10-6-14(19)18(9-10)15-12(8-17)11-4-2-1-3-5-13(11)20-15/h10H,1-7,9H2. The number of amides is 1. The molecule has 3 nitrogen and oxygen atoms in total. The summed E-state index contributed by atoms with van der Waals surface area (Å²) < 4.78 is 0. The lowest BCUT2D eigenvalue weighted by Crippen LogP contribution is -2.24. The molecule has 0 radical (unpaired) electrons. The van der Waals surface area contributed by atoms with Crippen molar-refractivity contribution in [2.24, 2.45) is 5.92 Å². The SMILES string of the molecule is N#Cc1c(N2CC(CCl)CC2=O)sc2c1CCCCC2. The van der Waals surface area contributed by atoms with Crippen LogP contribution in [-0.2, 0) is 17.6 Å². The van der Waals surface area contributed by atoms with Crippen LogP contribution >= 0.6 is 22.9 Å². The highest BCUT2D eigenvalue weighted by atomic mass is 35.5. The minimum Gasteiger partial charge on any atom is -0.302 e. The number of thiophene rings is 1. The van der Waals surface area contributed by atoms with Gasteiger partial charge in [0.05, 0.1) is 5.56 Å². The Bertz CT molecular complexity index is 575. The summed E-state index contributed by atoms with van der Waals surface area (Å²) in [6.07, 6.45) is 6.12. The third kappa shape index (κ3) is 2.34. The van der Waals surface area contributed by atoms with Crippen LogP contribution in [0.15, 0.2) is 0 Å². The van der Waals surface area contributed by atoms with Gasteiger partial charge in [-0.05, 0) is 37.2 Å². The molecule has 5 heteroatoms. The van der Waals surface area contributed by atoms with Gasteiger partial charge in [0.1, 0.15) is 11.1 Å². The Hall–Kier alpha value is -1.05. The minimum atomic E-state index is 0.114. The second kappa shape index (κ2) is 5.75. The lowest BCUT2D eigenvalue weighted by Gasteiger charge is -2.14. The van der Waals surface area contributed by atoms with E-state index < -0.39 is 0 Å². The number of halogens is 1. The Morgan fingerprint density at radius 3 is 2.85 bits per heavy atom. The average molecular weight is 309 g/mol. The maximum Gasteiger partial charge on any atom is 0.228 e. The Morgan fingerprint density at radius 1 is 1.35 bits per heavy atom. The summed E-state index contributed by atoms with van der Waals surface area (Å²) in [5.74, 6) is 0.844. The molecule has 1 aromatic rings. The molecule has 20 heavy (non-hydrogen) atoms. The maximum atomic E-state index is 12.2. The first-order valence-electron chi connectivity index (χ1n) is 7.15. The summed E-state index contributed by atoms with van der Waals surface area (Å²) in [5, 5.41) is 10.4. The van der Waals surface area contributed by atoms with Gasteiger partial charge in [-0.1, -0.05) is 6.42 Å². The average Bonchev–Trinajstić information content (AvgIpc) is 2.90. The first kappa shape index (κ1) is 13.9. The molecular formula is C15H17ClN2OS. The quantitative estimate of drug-likeness (QED) is 0.620. The van der Waals surface area contributed by atoms with Gasteiger partial charge in [-0.2, -0.15) is 5.26 Å². The van der Waals surface area contributed by atoms with Crippen LogP contribution in [0.4, 0.5) is 5.00 Å². The lowest BCUT2D eigenvalue weighted by atomic mass is 10.1. The summed E-state index contributed by atoms with van der Waals surface area (Å²) in [6, 6.07) is 2.35. The predicted molar refractivity (Wildman–Crippen MR) is 81.5 cm³/mol. The zero-order chi connectivity index (χ0) is 14.1. The van der Waals surface area contributed by atoms with E-state index >= 15 is 0 Å². The molecule has 1 unspecified atom stereocenters. The number of anilines is 1. The third-order valence-electron chi connectivity index (χ3n) is 4.18.